The molecule has 156 valence electrons. The zero-order chi connectivity index (χ0) is 20.9. The molecule has 2 aromatic carbocycles. The van der Waals surface area contributed by atoms with Crippen LogP contribution in [0.15, 0.2) is 48.5 Å². The molecule has 3 rings (SSSR count). The number of hydrogen-bond acceptors (Lipinski definition) is 5. The first-order valence-electron chi connectivity index (χ1n) is 9.24. The number of nitrogens with zero attached hydrogens (tertiary/aromatic N) is 2. The highest BCUT2D eigenvalue weighted by Crippen LogP contribution is 2.19. The van der Waals surface area contributed by atoms with Gasteiger partial charge in [-0.3, -0.25) is 9.10 Å². The first-order valence-corrected chi connectivity index (χ1v) is 12.2. The summed E-state index contributed by atoms with van der Waals surface area (Å²) in [5.74, 6) is -0.355. The molecule has 0 aromatic heterocycles. The molecular weight excluding hydrogens is 505 g/mol. The molecule has 9 heteroatoms. The van der Waals surface area contributed by atoms with Crippen molar-refractivity contribution in [3.63, 3.8) is 0 Å². The summed E-state index contributed by atoms with van der Waals surface area (Å²) in [6.07, 6.45) is 1.10. The van der Waals surface area contributed by atoms with Crippen LogP contribution in [0.5, 0.6) is 0 Å². The lowest BCUT2D eigenvalue weighted by molar-refractivity contribution is -0.119. The minimum absolute atomic E-state index is 0.259. The van der Waals surface area contributed by atoms with E-state index in [4.69, 9.17) is 4.74 Å². The maximum absolute atomic E-state index is 12.4. The molecule has 1 N–H and O–H groups in total. The maximum atomic E-state index is 12.4. The second-order valence-corrected chi connectivity index (χ2v) is 9.94. The van der Waals surface area contributed by atoms with Crippen molar-refractivity contribution in [2.45, 2.75) is 6.54 Å². The Morgan fingerprint density at radius 1 is 1.10 bits per heavy atom. The second kappa shape index (κ2) is 9.77. The Labute approximate surface area is 185 Å². The van der Waals surface area contributed by atoms with E-state index in [-0.39, 0.29) is 12.5 Å². The van der Waals surface area contributed by atoms with E-state index in [0.717, 1.165) is 51.7 Å². The number of carbonyl (C=O) groups is 1. The van der Waals surface area contributed by atoms with Crippen molar-refractivity contribution in [1.29, 1.82) is 0 Å². The van der Waals surface area contributed by atoms with Gasteiger partial charge in [0.1, 0.15) is 6.54 Å². The smallest absolute Gasteiger partial charge is 0.241 e. The largest absolute Gasteiger partial charge is 0.378 e. The number of hydrogen-bond donors (Lipinski definition) is 1. The van der Waals surface area contributed by atoms with Gasteiger partial charge in [-0.15, -0.1) is 0 Å². The van der Waals surface area contributed by atoms with Crippen LogP contribution in [0.25, 0.3) is 0 Å². The van der Waals surface area contributed by atoms with Crippen molar-refractivity contribution in [2.24, 2.45) is 0 Å². The number of sulfonamides is 1. The van der Waals surface area contributed by atoms with Crippen LogP contribution < -0.4 is 14.5 Å². The van der Waals surface area contributed by atoms with E-state index in [0.29, 0.717) is 12.2 Å². The van der Waals surface area contributed by atoms with Crippen LogP contribution in [-0.2, 0) is 26.1 Å². The van der Waals surface area contributed by atoms with E-state index in [1.807, 2.05) is 36.4 Å². The van der Waals surface area contributed by atoms with E-state index in [1.54, 1.807) is 12.1 Å². The van der Waals surface area contributed by atoms with Crippen molar-refractivity contribution in [3.8, 4) is 0 Å². The van der Waals surface area contributed by atoms with Gasteiger partial charge >= 0.3 is 0 Å². The first kappa shape index (κ1) is 21.8. The van der Waals surface area contributed by atoms with E-state index in [9.17, 15) is 13.2 Å². The highest BCUT2D eigenvalue weighted by Gasteiger charge is 2.20. The van der Waals surface area contributed by atoms with Crippen LogP contribution in [0.2, 0.25) is 0 Å². The van der Waals surface area contributed by atoms with Crippen molar-refractivity contribution < 1.29 is 17.9 Å². The van der Waals surface area contributed by atoms with Gasteiger partial charge in [0.2, 0.25) is 15.9 Å². The van der Waals surface area contributed by atoms with E-state index in [2.05, 4.69) is 32.8 Å². The van der Waals surface area contributed by atoms with Crippen LogP contribution >= 0.6 is 22.6 Å². The van der Waals surface area contributed by atoms with Crippen LogP contribution in [0.3, 0.4) is 0 Å². The van der Waals surface area contributed by atoms with Crippen LogP contribution in [0, 0.1) is 3.57 Å². The molecule has 1 heterocycles. The summed E-state index contributed by atoms with van der Waals surface area (Å²) >= 11 is 2.15. The van der Waals surface area contributed by atoms with Crippen LogP contribution in [0.1, 0.15) is 5.56 Å². The molecule has 0 radical (unpaired) electrons. The van der Waals surface area contributed by atoms with Crippen molar-refractivity contribution in [3.05, 3.63) is 57.7 Å². The molecule has 0 bridgehead atoms. The van der Waals surface area contributed by atoms with Crippen LogP contribution in [-0.4, -0.2) is 53.4 Å². The third-order valence-electron chi connectivity index (χ3n) is 4.60. The summed E-state index contributed by atoms with van der Waals surface area (Å²) in [5, 5.41) is 2.80. The number of anilines is 2. The topological polar surface area (TPSA) is 79.0 Å². The third-order valence-corrected chi connectivity index (χ3v) is 6.46. The Bertz CT molecular complexity index is 927. The van der Waals surface area contributed by atoms with E-state index < -0.39 is 10.0 Å². The quantitative estimate of drug-likeness (QED) is 0.557. The first-order chi connectivity index (χ1) is 13.8. The molecule has 1 amide bonds. The van der Waals surface area contributed by atoms with Gasteiger partial charge in [0.05, 0.1) is 25.2 Å². The molecule has 0 aliphatic carbocycles. The lowest BCUT2D eigenvalue weighted by atomic mass is 10.2. The average molecular weight is 529 g/mol. The summed E-state index contributed by atoms with van der Waals surface area (Å²) in [4.78, 5) is 14.6. The summed E-state index contributed by atoms with van der Waals surface area (Å²) in [6, 6.07) is 15.0. The number of ether oxygens (including phenoxy) is 1. The van der Waals surface area contributed by atoms with Crippen molar-refractivity contribution in [2.75, 3.05) is 48.3 Å². The molecule has 0 unspecified atom stereocenters. The van der Waals surface area contributed by atoms with Gasteiger partial charge in [-0.2, -0.15) is 0 Å². The normalized spacial score (nSPS) is 14.5. The molecular formula is C20H24IN3O4S. The Morgan fingerprint density at radius 3 is 2.31 bits per heavy atom. The molecule has 1 aliphatic heterocycles. The molecule has 1 saturated heterocycles. The van der Waals surface area contributed by atoms with Crippen molar-refractivity contribution >= 4 is 49.9 Å². The molecule has 0 spiro atoms. The van der Waals surface area contributed by atoms with Gasteiger partial charge in [0, 0.05) is 28.9 Å². The lowest BCUT2D eigenvalue weighted by Crippen LogP contribution is -2.40. The molecule has 7 nitrogen and oxygen atoms in total. The lowest BCUT2D eigenvalue weighted by Gasteiger charge is -2.29. The highest BCUT2D eigenvalue weighted by atomic mass is 127. The monoisotopic (exact) mass is 529 g/mol. The zero-order valence-electron chi connectivity index (χ0n) is 16.2. The number of morpholine rings is 1. The summed E-state index contributed by atoms with van der Waals surface area (Å²) in [7, 11) is -3.57. The van der Waals surface area contributed by atoms with Gasteiger partial charge in [0.25, 0.3) is 0 Å². The van der Waals surface area contributed by atoms with Crippen molar-refractivity contribution in [1.82, 2.24) is 5.32 Å². The van der Waals surface area contributed by atoms with Gasteiger partial charge < -0.3 is 15.0 Å². The van der Waals surface area contributed by atoms with E-state index >= 15 is 0 Å². The second-order valence-electron chi connectivity index (χ2n) is 6.79. The fourth-order valence-corrected chi connectivity index (χ4v) is 4.26. The van der Waals surface area contributed by atoms with Gasteiger partial charge in [-0.1, -0.05) is 12.1 Å². The Hall–Kier alpha value is -1.85. The van der Waals surface area contributed by atoms with Crippen LogP contribution in [0.4, 0.5) is 11.4 Å². The molecule has 0 saturated carbocycles. The van der Waals surface area contributed by atoms with Gasteiger partial charge in [-0.25, -0.2) is 8.42 Å². The standard InChI is InChI=1S/C20H24IN3O4S/c1-29(26,27)24(19-8-4-17(21)5-9-19)15-20(25)22-14-16-2-6-18(7-3-16)23-10-12-28-13-11-23/h2-9H,10-15H2,1H3,(H,22,25). The third kappa shape index (κ3) is 6.31. The summed E-state index contributed by atoms with van der Waals surface area (Å²) < 4.78 is 31.8. The summed E-state index contributed by atoms with van der Waals surface area (Å²) in [5.41, 5.74) is 2.55. The summed E-state index contributed by atoms with van der Waals surface area (Å²) in [6.45, 7) is 3.29. The predicted molar refractivity (Wildman–Crippen MR) is 123 cm³/mol. The Balaban J connectivity index is 1.58. The zero-order valence-corrected chi connectivity index (χ0v) is 19.1. The number of amides is 1. The van der Waals surface area contributed by atoms with Gasteiger partial charge in [0.15, 0.2) is 0 Å². The molecule has 1 fully saturated rings. The van der Waals surface area contributed by atoms with Gasteiger partial charge in [-0.05, 0) is 64.6 Å². The predicted octanol–water partition coefficient (Wildman–Crippen LogP) is 2.21. The fraction of sp³-hybridized carbons (Fsp3) is 0.350. The Kier molecular flexibility index (Phi) is 7.36. The minimum Gasteiger partial charge on any atom is -0.378 e. The maximum Gasteiger partial charge on any atom is 0.241 e. The average Bonchev–Trinajstić information content (AvgIpc) is 2.71. The SMILES string of the molecule is CS(=O)(=O)N(CC(=O)NCc1ccc(N2CCOCC2)cc1)c1ccc(I)cc1. The number of carbonyl (C=O) groups excluding carboxylic acids is 1. The number of nitrogens with one attached hydrogen (secondary N) is 1. The fourth-order valence-electron chi connectivity index (χ4n) is 3.04. The molecule has 0 atom stereocenters. The number of halogens is 1. The number of benzene rings is 2. The minimum atomic E-state index is -3.57. The number of rotatable bonds is 7. The molecule has 29 heavy (non-hydrogen) atoms. The molecule has 2 aromatic rings. The molecule has 1 aliphatic rings. The highest BCUT2D eigenvalue weighted by molar-refractivity contribution is 14.1. The van der Waals surface area contributed by atoms with E-state index in [1.165, 1.54) is 0 Å². The Morgan fingerprint density at radius 2 is 1.72 bits per heavy atom.